The maximum Gasteiger partial charge on any atom is 0.119 e. The molecule has 0 aromatic heterocycles. The van der Waals surface area contributed by atoms with Gasteiger partial charge in [0, 0.05) is 38.3 Å². The first-order valence-electron chi connectivity index (χ1n) is 8.51. The van der Waals surface area contributed by atoms with Crippen molar-refractivity contribution in [3.05, 3.63) is 29.8 Å². The zero-order valence-electron chi connectivity index (χ0n) is 13.8. The molecule has 0 radical (unpaired) electrons. The molecule has 3 rings (SSSR count). The van der Waals surface area contributed by atoms with Gasteiger partial charge >= 0.3 is 0 Å². The van der Waals surface area contributed by atoms with Crippen LogP contribution in [0.1, 0.15) is 32.3 Å². The quantitative estimate of drug-likeness (QED) is 0.906. The van der Waals surface area contributed by atoms with Crippen LogP contribution in [0.4, 0.5) is 0 Å². The summed E-state index contributed by atoms with van der Waals surface area (Å²) in [7, 11) is 0. The van der Waals surface area contributed by atoms with Crippen molar-refractivity contribution in [2.24, 2.45) is 0 Å². The van der Waals surface area contributed by atoms with Gasteiger partial charge in [0.1, 0.15) is 12.4 Å². The molecule has 0 spiro atoms. The molecule has 4 nitrogen and oxygen atoms in total. The molecule has 0 aliphatic carbocycles. The average molecular weight is 304 g/mol. The molecular formula is C18H28N2O2. The first-order chi connectivity index (χ1) is 10.7. The number of nitrogens with zero attached hydrogens (tertiary/aromatic N) is 1. The second-order valence-electron chi connectivity index (χ2n) is 6.75. The molecule has 0 bridgehead atoms. The van der Waals surface area contributed by atoms with Crippen molar-refractivity contribution in [3.8, 4) is 5.75 Å². The third kappa shape index (κ3) is 4.45. The Balaban J connectivity index is 1.48. The third-order valence-electron chi connectivity index (χ3n) is 4.42. The highest BCUT2D eigenvalue weighted by Crippen LogP contribution is 2.18. The largest absolute Gasteiger partial charge is 0.491 e. The van der Waals surface area contributed by atoms with Gasteiger partial charge in [-0.1, -0.05) is 12.1 Å². The summed E-state index contributed by atoms with van der Waals surface area (Å²) in [6, 6.07) is 9.67. The Bertz CT molecular complexity index is 447. The smallest absolute Gasteiger partial charge is 0.119 e. The summed E-state index contributed by atoms with van der Waals surface area (Å²) in [4.78, 5) is 2.52. The number of ether oxygens (including phenoxy) is 2. The van der Waals surface area contributed by atoms with E-state index in [1.807, 2.05) is 0 Å². The summed E-state index contributed by atoms with van der Waals surface area (Å²) >= 11 is 0. The van der Waals surface area contributed by atoms with E-state index < -0.39 is 0 Å². The van der Waals surface area contributed by atoms with E-state index in [2.05, 4.69) is 48.3 Å². The van der Waals surface area contributed by atoms with Crippen LogP contribution in [0.3, 0.4) is 0 Å². The van der Waals surface area contributed by atoms with Crippen molar-refractivity contribution < 1.29 is 9.47 Å². The minimum Gasteiger partial charge on any atom is -0.491 e. The van der Waals surface area contributed by atoms with Gasteiger partial charge in [-0.15, -0.1) is 0 Å². The van der Waals surface area contributed by atoms with Crippen LogP contribution in [0.25, 0.3) is 0 Å². The second kappa shape index (κ2) is 7.44. The van der Waals surface area contributed by atoms with Crippen molar-refractivity contribution in [1.82, 2.24) is 10.2 Å². The number of hydrogen-bond donors (Lipinski definition) is 1. The zero-order valence-corrected chi connectivity index (χ0v) is 13.8. The third-order valence-corrected chi connectivity index (χ3v) is 4.42. The molecule has 2 saturated heterocycles. The van der Waals surface area contributed by atoms with Crippen molar-refractivity contribution in [1.29, 1.82) is 0 Å². The summed E-state index contributed by atoms with van der Waals surface area (Å²) in [5.74, 6) is 0.946. The van der Waals surface area contributed by atoms with Crippen LogP contribution in [-0.2, 0) is 11.3 Å². The monoisotopic (exact) mass is 304 g/mol. The van der Waals surface area contributed by atoms with E-state index in [0.717, 1.165) is 44.8 Å². The average Bonchev–Trinajstić information content (AvgIpc) is 2.99. The van der Waals surface area contributed by atoms with Gasteiger partial charge in [-0.05, 0) is 44.4 Å². The van der Waals surface area contributed by atoms with E-state index in [4.69, 9.17) is 9.47 Å². The predicted molar refractivity (Wildman–Crippen MR) is 88.2 cm³/mol. The number of benzene rings is 1. The van der Waals surface area contributed by atoms with Crippen LogP contribution in [-0.4, -0.2) is 49.4 Å². The second-order valence-corrected chi connectivity index (χ2v) is 6.75. The van der Waals surface area contributed by atoms with Crippen LogP contribution < -0.4 is 10.1 Å². The fourth-order valence-electron chi connectivity index (χ4n) is 3.48. The number of nitrogens with one attached hydrogen (secondary N) is 1. The summed E-state index contributed by atoms with van der Waals surface area (Å²) in [6.07, 6.45) is 2.56. The molecule has 3 atom stereocenters. The molecule has 1 N–H and O–H groups in total. The van der Waals surface area contributed by atoms with Crippen molar-refractivity contribution >= 4 is 0 Å². The fraction of sp³-hybridized carbons (Fsp3) is 0.667. The standard InChI is InChI=1S/C18H28N2O2/c1-14-10-20(11-15(2)19-14)12-16-5-7-17(8-6-16)22-13-18-4-3-9-21-18/h5-8,14-15,18-19H,3-4,9-13H2,1-2H3. The zero-order chi connectivity index (χ0) is 15.4. The molecule has 4 heteroatoms. The van der Waals surface area contributed by atoms with Crippen molar-refractivity contribution in [3.63, 3.8) is 0 Å². The molecule has 22 heavy (non-hydrogen) atoms. The maximum atomic E-state index is 5.82. The highest BCUT2D eigenvalue weighted by atomic mass is 16.5. The Labute approximate surface area is 133 Å². The van der Waals surface area contributed by atoms with E-state index in [1.54, 1.807) is 0 Å². The van der Waals surface area contributed by atoms with Crippen LogP contribution in [0.2, 0.25) is 0 Å². The lowest BCUT2D eigenvalue weighted by atomic mass is 10.1. The molecule has 2 aliphatic rings. The van der Waals surface area contributed by atoms with E-state index in [9.17, 15) is 0 Å². The van der Waals surface area contributed by atoms with Gasteiger partial charge in [0.05, 0.1) is 6.10 Å². The topological polar surface area (TPSA) is 33.7 Å². The summed E-state index contributed by atoms with van der Waals surface area (Å²) in [6.45, 7) is 9.31. The number of piperazine rings is 1. The fourth-order valence-corrected chi connectivity index (χ4v) is 3.48. The van der Waals surface area contributed by atoms with Crippen LogP contribution in [0.5, 0.6) is 5.75 Å². The highest BCUT2D eigenvalue weighted by Gasteiger charge is 2.20. The van der Waals surface area contributed by atoms with Gasteiger partial charge in [0.15, 0.2) is 0 Å². The van der Waals surface area contributed by atoms with E-state index >= 15 is 0 Å². The van der Waals surface area contributed by atoms with E-state index in [1.165, 1.54) is 5.56 Å². The van der Waals surface area contributed by atoms with Crippen molar-refractivity contribution in [2.75, 3.05) is 26.3 Å². The molecule has 0 saturated carbocycles. The Morgan fingerprint density at radius 3 is 2.55 bits per heavy atom. The van der Waals surface area contributed by atoms with Gasteiger partial charge in [0.2, 0.25) is 0 Å². The van der Waals surface area contributed by atoms with Crippen molar-refractivity contribution in [2.45, 2.75) is 51.4 Å². The lowest BCUT2D eigenvalue weighted by Gasteiger charge is -2.36. The molecule has 1 aromatic carbocycles. The van der Waals surface area contributed by atoms with Gasteiger partial charge in [-0.2, -0.15) is 0 Å². The minimum absolute atomic E-state index is 0.281. The maximum absolute atomic E-state index is 5.82. The van der Waals surface area contributed by atoms with Crippen LogP contribution in [0, 0.1) is 0 Å². The molecule has 2 heterocycles. The molecule has 2 aliphatic heterocycles. The Morgan fingerprint density at radius 2 is 1.91 bits per heavy atom. The molecule has 3 unspecified atom stereocenters. The Morgan fingerprint density at radius 1 is 1.18 bits per heavy atom. The first kappa shape index (κ1) is 15.8. The predicted octanol–water partition coefficient (Wildman–Crippen LogP) is 2.43. The SMILES string of the molecule is CC1CN(Cc2ccc(OCC3CCCO3)cc2)CC(C)N1. The van der Waals surface area contributed by atoms with E-state index in [-0.39, 0.29) is 6.10 Å². The summed E-state index contributed by atoms with van der Waals surface area (Å²) in [5.41, 5.74) is 1.35. The normalized spacial score (nSPS) is 29.6. The van der Waals surface area contributed by atoms with Gasteiger partial charge in [0.25, 0.3) is 0 Å². The summed E-state index contributed by atoms with van der Waals surface area (Å²) in [5, 5.41) is 3.57. The van der Waals surface area contributed by atoms with Gasteiger partial charge < -0.3 is 14.8 Å². The Kier molecular flexibility index (Phi) is 5.34. The van der Waals surface area contributed by atoms with Gasteiger partial charge in [-0.3, -0.25) is 4.90 Å². The molecule has 122 valence electrons. The lowest BCUT2D eigenvalue weighted by Crippen LogP contribution is -2.53. The first-order valence-corrected chi connectivity index (χ1v) is 8.51. The molecular weight excluding hydrogens is 276 g/mol. The number of rotatable bonds is 5. The van der Waals surface area contributed by atoms with Crippen LogP contribution >= 0.6 is 0 Å². The summed E-state index contributed by atoms with van der Waals surface area (Å²) < 4.78 is 11.4. The minimum atomic E-state index is 0.281. The highest BCUT2D eigenvalue weighted by molar-refractivity contribution is 5.27. The van der Waals surface area contributed by atoms with Gasteiger partial charge in [-0.25, -0.2) is 0 Å². The van der Waals surface area contributed by atoms with Crippen LogP contribution in [0.15, 0.2) is 24.3 Å². The van der Waals surface area contributed by atoms with E-state index in [0.29, 0.717) is 18.7 Å². The Hall–Kier alpha value is -1.10. The molecule has 1 aromatic rings. The number of hydrogen-bond acceptors (Lipinski definition) is 4. The lowest BCUT2D eigenvalue weighted by molar-refractivity contribution is 0.0679. The molecule has 0 amide bonds. The molecule has 2 fully saturated rings.